The van der Waals surface area contributed by atoms with Gasteiger partial charge in [-0.05, 0) is 23.8 Å². The van der Waals surface area contributed by atoms with Crippen molar-refractivity contribution in [2.24, 2.45) is 0 Å². The SMILES string of the molecule is C=c1[nH]/c(=C/c2ccc(C(=O)O)cc2)c(O)c1C(=O)OC. The number of nitrogens with one attached hydrogen (secondary N) is 1. The van der Waals surface area contributed by atoms with E-state index in [-0.39, 0.29) is 22.2 Å². The lowest BCUT2D eigenvalue weighted by Gasteiger charge is -1.96. The highest BCUT2D eigenvalue weighted by atomic mass is 16.5. The van der Waals surface area contributed by atoms with Crippen LogP contribution in [0.2, 0.25) is 0 Å². The Kier molecular flexibility index (Phi) is 3.80. The molecule has 0 fully saturated rings. The number of H-pyrrole nitrogens is 1. The van der Waals surface area contributed by atoms with Gasteiger partial charge >= 0.3 is 11.9 Å². The number of aromatic nitrogens is 1. The van der Waals surface area contributed by atoms with Crippen LogP contribution >= 0.6 is 0 Å². The van der Waals surface area contributed by atoms with Gasteiger partial charge in [-0.2, -0.15) is 0 Å². The van der Waals surface area contributed by atoms with Crippen molar-refractivity contribution in [1.29, 1.82) is 0 Å². The Bertz CT molecular complexity index is 802. The number of carboxylic acid groups (broad SMARTS) is 1. The molecule has 0 saturated carbocycles. The summed E-state index contributed by atoms with van der Waals surface area (Å²) in [6.07, 6.45) is 1.57. The number of benzene rings is 1. The predicted octanol–water partition coefficient (Wildman–Crippen LogP) is 0.444. The van der Waals surface area contributed by atoms with Crippen LogP contribution in [0.1, 0.15) is 26.3 Å². The van der Waals surface area contributed by atoms with Gasteiger partial charge in [-0.3, -0.25) is 0 Å². The van der Waals surface area contributed by atoms with E-state index < -0.39 is 11.9 Å². The number of carbonyl (C=O) groups is 2. The zero-order chi connectivity index (χ0) is 15.6. The highest BCUT2D eigenvalue weighted by molar-refractivity contribution is 5.92. The van der Waals surface area contributed by atoms with E-state index in [0.717, 1.165) is 0 Å². The molecule has 6 nitrogen and oxygen atoms in total. The Morgan fingerprint density at radius 3 is 2.43 bits per heavy atom. The lowest BCUT2D eigenvalue weighted by molar-refractivity contribution is 0.0595. The van der Waals surface area contributed by atoms with Crippen molar-refractivity contribution < 1.29 is 24.5 Å². The van der Waals surface area contributed by atoms with Gasteiger partial charge in [-0.1, -0.05) is 18.7 Å². The smallest absolute Gasteiger partial charge is 0.343 e. The molecule has 0 aliphatic carbocycles. The zero-order valence-electron chi connectivity index (χ0n) is 11.2. The number of esters is 1. The van der Waals surface area contributed by atoms with Crippen molar-refractivity contribution in [2.75, 3.05) is 7.11 Å². The number of aromatic carboxylic acids is 1. The maximum atomic E-state index is 11.5. The third kappa shape index (κ3) is 2.79. The number of hydrogen-bond acceptors (Lipinski definition) is 4. The van der Waals surface area contributed by atoms with Gasteiger partial charge in [0.25, 0.3) is 0 Å². The van der Waals surface area contributed by atoms with Gasteiger partial charge in [-0.15, -0.1) is 0 Å². The fourth-order valence-electron chi connectivity index (χ4n) is 1.88. The monoisotopic (exact) mass is 287 g/mol. The van der Waals surface area contributed by atoms with Gasteiger partial charge in [0.2, 0.25) is 0 Å². The fourth-order valence-corrected chi connectivity index (χ4v) is 1.88. The summed E-state index contributed by atoms with van der Waals surface area (Å²) in [5.74, 6) is -1.96. The van der Waals surface area contributed by atoms with Crippen LogP contribution in [0.5, 0.6) is 5.75 Å². The fraction of sp³-hybridized carbons (Fsp3) is 0.0667. The van der Waals surface area contributed by atoms with Gasteiger partial charge in [0.05, 0.1) is 18.0 Å². The van der Waals surface area contributed by atoms with E-state index in [0.29, 0.717) is 10.9 Å². The number of rotatable bonds is 3. The van der Waals surface area contributed by atoms with Crippen LogP contribution in [0.15, 0.2) is 24.3 Å². The second-order valence-electron chi connectivity index (χ2n) is 4.30. The standard InChI is InChI=1S/C15H13NO5/c1-8-12(15(20)21-2)13(17)11(16-8)7-9-3-5-10(6-4-9)14(18)19/h3-7,16-17H,1H2,2H3,(H,18,19)/b11-7+. The van der Waals surface area contributed by atoms with Crippen molar-refractivity contribution in [1.82, 2.24) is 4.98 Å². The van der Waals surface area contributed by atoms with Crippen LogP contribution in [0.4, 0.5) is 0 Å². The number of ether oxygens (including phenoxy) is 1. The average molecular weight is 287 g/mol. The quantitative estimate of drug-likeness (QED) is 0.711. The second-order valence-corrected chi connectivity index (χ2v) is 4.30. The van der Waals surface area contributed by atoms with Crippen molar-refractivity contribution in [2.45, 2.75) is 0 Å². The lowest BCUT2D eigenvalue weighted by Crippen LogP contribution is -2.14. The average Bonchev–Trinajstić information content (AvgIpc) is 2.73. The molecule has 0 radical (unpaired) electrons. The van der Waals surface area contributed by atoms with E-state index in [1.807, 2.05) is 0 Å². The summed E-state index contributed by atoms with van der Waals surface area (Å²) in [4.78, 5) is 25.1. The van der Waals surface area contributed by atoms with Crippen LogP contribution in [0, 0.1) is 0 Å². The Labute approximate surface area is 119 Å². The number of aromatic hydroxyl groups is 1. The van der Waals surface area contributed by atoms with Gasteiger partial charge in [-0.25, -0.2) is 9.59 Å². The largest absolute Gasteiger partial charge is 0.505 e. The summed E-state index contributed by atoms with van der Waals surface area (Å²) < 4.78 is 4.57. The maximum Gasteiger partial charge on any atom is 0.343 e. The van der Waals surface area contributed by atoms with Gasteiger partial charge in [0, 0.05) is 5.35 Å². The third-order valence-corrected chi connectivity index (χ3v) is 2.94. The van der Waals surface area contributed by atoms with Crippen LogP contribution in [-0.2, 0) is 4.74 Å². The molecule has 0 unspecified atom stereocenters. The van der Waals surface area contributed by atoms with E-state index >= 15 is 0 Å². The highest BCUT2D eigenvalue weighted by Gasteiger charge is 2.16. The van der Waals surface area contributed by atoms with Crippen LogP contribution in [-0.4, -0.2) is 34.2 Å². The van der Waals surface area contributed by atoms with Crippen molar-refractivity contribution in [3.05, 3.63) is 51.7 Å². The molecule has 0 aliphatic heterocycles. The molecule has 0 spiro atoms. The number of hydrogen-bond donors (Lipinski definition) is 3. The molecule has 0 atom stereocenters. The van der Waals surface area contributed by atoms with Crippen molar-refractivity contribution >= 4 is 24.6 Å². The van der Waals surface area contributed by atoms with Gasteiger partial charge in [0.15, 0.2) is 5.75 Å². The Morgan fingerprint density at radius 2 is 1.90 bits per heavy atom. The third-order valence-electron chi connectivity index (χ3n) is 2.94. The molecular formula is C15H13NO5. The molecule has 0 aliphatic rings. The number of carbonyl (C=O) groups excluding carboxylic acids is 1. The summed E-state index contributed by atoms with van der Waals surface area (Å²) in [7, 11) is 1.21. The normalized spacial score (nSPS) is 11.4. The van der Waals surface area contributed by atoms with Gasteiger partial charge < -0.3 is 19.9 Å². The predicted molar refractivity (Wildman–Crippen MR) is 75.5 cm³/mol. The minimum absolute atomic E-state index is 0.0223. The van der Waals surface area contributed by atoms with E-state index in [9.17, 15) is 14.7 Å². The molecule has 0 saturated heterocycles. The first kappa shape index (κ1) is 14.4. The number of carboxylic acids is 1. The highest BCUT2D eigenvalue weighted by Crippen LogP contribution is 2.09. The van der Waals surface area contributed by atoms with Crippen LogP contribution in [0.25, 0.3) is 12.7 Å². The zero-order valence-corrected chi connectivity index (χ0v) is 11.2. The maximum absolute atomic E-state index is 11.5. The lowest BCUT2D eigenvalue weighted by atomic mass is 10.1. The van der Waals surface area contributed by atoms with E-state index in [2.05, 4.69) is 16.3 Å². The summed E-state index contributed by atoms with van der Waals surface area (Å²) >= 11 is 0. The molecule has 108 valence electrons. The number of methoxy groups -OCH3 is 1. The summed E-state index contributed by atoms with van der Waals surface area (Å²) in [6, 6.07) is 6.07. The molecule has 2 aromatic rings. The molecule has 6 heteroatoms. The first-order valence-corrected chi connectivity index (χ1v) is 5.97. The molecule has 1 heterocycles. The Balaban J connectivity index is 2.49. The minimum atomic E-state index is -1.02. The van der Waals surface area contributed by atoms with E-state index in [1.165, 1.54) is 19.2 Å². The summed E-state index contributed by atoms with van der Waals surface area (Å²) in [5.41, 5.74) is 0.801. The molecule has 0 amide bonds. The van der Waals surface area contributed by atoms with Crippen molar-refractivity contribution in [3.63, 3.8) is 0 Å². The topological polar surface area (TPSA) is 99.6 Å². The van der Waals surface area contributed by atoms with Gasteiger partial charge in [0.1, 0.15) is 5.56 Å². The first-order chi connectivity index (χ1) is 9.93. The minimum Gasteiger partial charge on any atom is -0.505 e. The molecule has 1 aromatic heterocycles. The van der Waals surface area contributed by atoms with E-state index in [1.54, 1.807) is 18.2 Å². The molecule has 21 heavy (non-hydrogen) atoms. The number of aromatic amines is 1. The molecule has 1 aromatic carbocycles. The van der Waals surface area contributed by atoms with Crippen LogP contribution in [0.3, 0.4) is 0 Å². The Hall–Kier alpha value is -3.02. The summed E-state index contributed by atoms with van der Waals surface area (Å²) in [6.45, 7) is 3.64. The molecular weight excluding hydrogens is 274 g/mol. The molecule has 3 N–H and O–H groups in total. The first-order valence-electron chi connectivity index (χ1n) is 5.97. The second kappa shape index (κ2) is 5.54. The van der Waals surface area contributed by atoms with Crippen molar-refractivity contribution in [3.8, 4) is 5.75 Å². The van der Waals surface area contributed by atoms with E-state index in [4.69, 9.17) is 5.11 Å². The van der Waals surface area contributed by atoms with Crippen LogP contribution < -0.4 is 10.7 Å². The molecule has 2 rings (SSSR count). The molecule has 0 bridgehead atoms. The summed E-state index contributed by atoms with van der Waals surface area (Å²) in [5, 5.41) is 19.4. The Morgan fingerprint density at radius 1 is 1.29 bits per heavy atom.